The smallest absolute Gasteiger partial charge is 0.323 e. The molecule has 1 N–H and O–H groups in total. The number of hydrogen-bond donors (Lipinski definition) is 1. The third kappa shape index (κ3) is 4.20. The number of aliphatic carboxylic acids is 1. The van der Waals surface area contributed by atoms with Crippen LogP contribution in [0.2, 0.25) is 0 Å². The van der Waals surface area contributed by atoms with E-state index in [4.69, 9.17) is 9.84 Å². The van der Waals surface area contributed by atoms with Gasteiger partial charge in [0.15, 0.2) is 0 Å². The zero-order valence-corrected chi connectivity index (χ0v) is 11.3. The second-order valence-electron chi connectivity index (χ2n) is 4.48. The lowest BCUT2D eigenvalue weighted by Gasteiger charge is -2.23. The Morgan fingerprint density at radius 3 is 2.68 bits per heavy atom. The van der Waals surface area contributed by atoms with E-state index in [0.29, 0.717) is 13.1 Å². The topological polar surface area (TPSA) is 87.2 Å². The van der Waals surface area contributed by atoms with E-state index in [9.17, 15) is 14.4 Å². The molecular weight excluding hydrogens is 252 g/mol. The fourth-order valence-electron chi connectivity index (χ4n) is 2.13. The van der Waals surface area contributed by atoms with E-state index >= 15 is 0 Å². The Bertz CT molecular complexity index is 358. The SMILES string of the molecule is CCN1C[C@@H](C(=O)N(CCOC)CC(=O)O)CC1=O. The van der Waals surface area contributed by atoms with Crippen molar-refractivity contribution >= 4 is 17.8 Å². The molecule has 1 aliphatic rings. The van der Waals surface area contributed by atoms with Crippen molar-refractivity contribution in [2.45, 2.75) is 13.3 Å². The largest absolute Gasteiger partial charge is 0.480 e. The summed E-state index contributed by atoms with van der Waals surface area (Å²) < 4.78 is 4.87. The van der Waals surface area contributed by atoms with Gasteiger partial charge in [0.2, 0.25) is 11.8 Å². The van der Waals surface area contributed by atoms with Crippen molar-refractivity contribution < 1.29 is 24.2 Å². The lowest BCUT2D eigenvalue weighted by molar-refractivity contribution is -0.146. The van der Waals surface area contributed by atoms with Gasteiger partial charge in [-0.1, -0.05) is 0 Å². The summed E-state index contributed by atoms with van der Waals surface area (Å²) >= 11 is 0. The normalized spacial score (nSPS) is 18.7. The van der Waals surface area contributed by atoms with Crippen molar-refractivity contribution in [2.24, 2.45) is 5.92 Å². The molecular formula is C12H20N2O5. The van der Waals surface area contributed by atoms with E-state index in [1.807, 2.05) is 6.92 Å². The summed E-state index contributed by atoms with van der Waals surface area (Å²) in [6.07, 6.45) is 0.162. The minimum absolute atomic E-state index is 0.0529. The van der Waals surface area contributed by atoms with Gasteiger partial charge < -0.3 is 19.6 Å². The first kappa shape index (κ1) is 15.4. The molecule has 7 heteroatoms. The van der Waals surface area contributed by atoms with Gasteiger partial charge >= 0.3 is 5.97 Å². The maximum Gasteiger partial charge on any atom is 0.323 e. The Labute approximate surface area is 112 Å². The third-order valence-electron chi connectivity index (χ3n) is 3.15. The summed E-state index contributed by atoms with van der Waals surface area (Å²) in [6, 6.07) is 0. The first-order chi connectivity index (χ1) is 8.99. The molecule has 0 saturated carbocycles. The molecule has 0 spiro atoms. The summed E-state index contributed by atoms with van der Waals surface area (Å²) in [6.45, 7) is 2.93. The van der Waals surface area contributed by atoms with E-state index in [-0.39, 0.29) is 37.9 Å². The van der Waals surface area contributed by atoms with Gasteiger partial charge in [-0.2, -0.15) is 0 Å². The summed E-state index contributed by atoms with van der Waals surface area (Å²) in [5, 5.41) is 8.81. The standard InChI is InChI=1S/C12H20N2O5/c1-3-13-7-9(6-10(13)15)12(18)14(4-5-19-2)8-11(16)17/h9H,3-8H2,1-2H3,(H,16,17)/t9-/m0/s1. The molecule has 1 rings (SSSR count). The van der Waals surface area contributed by atoms with Crippen LogP contribution in [0.4, 0.5) is 0 Å². The lowest BCUT2D eigenvalue weighted by Crippen LogP contribution is -2.42. The van der Waals surface area contributed by atoms with Crippen LogP contribution in [-0.2, 0) is 19.1 Å². The number of carbonyl (C=O) groups is 3. The van der Waals surface area contributed by atoms with Crippen LogP contribution in [0.3, 0.4) is 0 Å². The number of hydrogen-bond acceptors (Lipinski definition) is 4. The summed E-state index contributed by atoms with van der Waals surface area (Å²) in [5.41, 5.74) is 0. The molecule has 7 nitrogen and oxygen atoms in total. The van der Waals surface area contributed by atoms with Crippen molar-refractivity contribution in [3.05, 3.63) is 0 Å². The monoisotopic (exact) mass is 272 g/mol. The highest BCUT2D eigenvalue weighted by molar-refractivity contribution is 5.90. The Kier molecular flexibility index (Phi) is 5.75. The van der Waals surface area contributed by atoms with Gasteiger partial charge in [-0.3, -0.25) is 14.4 Å². The van der Waals surface area contributed by atoms with E-state index in [0.717, 1.165) is 0 Å². The summed E-state index contributed by atoms with van der Waals surface area (Å²) in [4.78, 5) is 37.4. The molecule has 1 saturated heterocycles. The molecule has 1 aliphatic heterocycles. The number of carboxylic acid groups (broad SMARTS) is 1. The zero-order valence-electron chi connectivity index (χ0n) is 11.3. The number of rotatable bonds is 7. The first-order valence-electron chi connectivity index (χ1n) is 6.26. The maximum absolute atomic E-state index is 12.2. The Morgan fingerprint density at radius 2 is 2.21 bits per heavy atom. The average molecular weight is 272 g/mol. The summed E-state index contributed by atoms with van der Waals surface area (Å²) in [5.74, 6) is -1.85. The molecule has 0 unspecified atom stereocenters. The van der Waals surface area contributed by atoms with Crippen molar-refractivity contribution in [1.82, 2.24) is 9.80 Å². The molecule has 0 radical (unpaired) electrons. The van der Waals surface area contributed by atoms with E-state index in [1.54, 1.807) is 4.90 Å². The van der Waals surface area contributed by atoms with Crippen molar-refractivity contribution in [1.29, 1.82) is 0 Å². The predicted octanol–water partition coefficient (Wildman–Crippen LogP) is -0.586. The molecule has 1 atom stereocenters. The molecule has 1 fully saturated rings. The molecule has 108 valence electrons. The molecule has 19 heavy (non-hydrogen) atoms. The van der Waals surface area contributed by atoms with Crippen molar-refractivity contribution in [2.75, 3.05) is 39.9 Å². The van der Waals surface area contributed by atoms with Gasteiger partial charge in [-0.05, 0) is 6.92 Å². The molecule has 2 amide bonds. The quantitative estimate of drug-likeness (QED) is 0.669. The zero-order chi connectivity index (χ0) is 14.4. The number of carbonyl (C=O) groups excluding carboxylic acids is 2. The second kappa shape index (κ2) is 7.08. The molecule has 0 aromatic carbocycles. The molecule has 0 aliphatic carbocycles. The minimum atomic E-state index is -1.07. The number of methoxy groups -OCH3 is 1. The van der Waals surface area contributed by atoms with Crippen molar-refractivity contribution in [3.8, 4) is 0 Å². The van der Waals surface area contributed by atoms with Crippen LogP contribution < -0.4 is 0 Å². The predicted molar refractivity (Wildman–Crippen MR) is 66.5 cm³/mol. The van der Waals surface area contributed by atoms with Gasteiger partial charge in [0, 0.05) is 33.2 Å². The van der Waals surface area contributed by atoms with Gasteiger partial charge in [-0.15, -0.1) is 0 Å². The van der Waals surface area contributed by atoms with Gasteiger partial charge in [0.25, 0.3) is 0 Å². The Balaban J connectivity index is 2.65. The van der Waals surface area contributed by atoms with Crippen LogP contribution in [-0.4, -0.2) is 72.6 Å². The highest BCUT2D eigenvalue weighted by atomic mass is 16.5. The van der Waals surface area contributed by atoms with Gasteiger partial charge in [0.1, 0.15) is 6.54 Å². The number of nitrogens with zero attached hydrogens (tertiary/aromatic N) is 2. The van der Waals surface area contributed by atoms with Crippen LogP contribution >= 0.6 is 0 Å². The van der Waals surface area contributed by atoms with Crippen LogP contribution in [0.15, 0.2) is 0 Å². The van der Waals surface area contributed by atoms with Gasteiger partial charge in [0.05, 0.1) is 12.5 Å². The van der Waals surface area contributed by atoms with Crippen LogP contribution in [0, 0.1) is 5.92 Å². The molecule has 0 aromatic rings. The highest BCUT2D eigenvalue weighted by Crippen LogP contribution is 2.19. The Hall–Kier alpha value is -1.63. The number of ether oxygens (including phenoxy) is 1. The fraction of sp³-hybridized carbons (Fsp3) is 0.750. The fourth-order valence-corrected chi connectivity index (χ4v) is 2.13. The van der Waals surface area contributed by atoms with Crippen LogP contribution in [0.1, 0.15) is 13.3 Å². The molecule has 0 bridgehead atoms. The second-order valence-corrected chi connectivity index (χ2v) is 4.48. The number of likely N-dealkylation sites (tertiary alicyclic amines) is 1. The highest BCUT2D eigenvalue weighted by Gasteiger charge is 2.36. The van der Waals surface area contributed by atoms with Crippen LogP contribution in [0.5, 0.6) is 0 Å². The lowest BCUT2D eigenvalue weighted by atomic mass is 10.1. The molecule has 1 heterocycles. The van der Waals surface area contributed by atoms with E-state index in [1.165, 1.54) is 12.0 Å². The first-order valence-corrected chi connectivity index (χ1v) is 6.26. The van der Waals surface area contributed by atoms with Crippen molar-refractivity contribution in [3.63, 3.8) is 0 Å². The van der Waals surface area contributed by atoms with E-state index < -0.39 is 11.9 Å². The third-order valence-corrected chi connectivity index (χ3v) is 3.15. The van der Waals surface area contributed by atoms with Gasteiger partial charge in [-0.25, -0.2) is 0 Å². The summed E-state index contributed by atoms with van der Waals surface area (Å²) in [7, 11) is 1.49. The average Bonchev–Trinajstić information content (AvgIpc) is 2.74. The Morgan fingerprint density at radius 1 is 1.53 bits per heavy atom. The number of amides is 2. The maximum atomic E-state index is 12.2. The minimum Gasteiger partial charge on any atom is -0.480 e. The molecule has 0 aromatic heterocycles. The van der Waals surface area contributed by atoms with Crippen LogP contribution in [0.25, 0.3) is 0 Å². The number of carboxylic acids is 1. The van der Waals surface area contributed by atoms with E-state index in [2.05, 4.69) is 0 Å².